The van der Waals surface area contributed by atoms with Crippen molar-refractivity contribution >= 4 is 6.29 Å². The predicted molar refractivity (Wildman–Crippen MR) is 54.4 cm³/mol. The summed E-state index contributed by atoms with van der Waals surface area (Å²) in [7, 11) is 0. The van der Waals surface area contributed by atoms with E-state index in [1.54, 1.807) is 24.6 Å². The van der Waals surface area contributed by atoms with Crippen molar-refractivity contribution in [2.75, 3.05) is 6.61 Å². The number of aliphatic hydroxyl groups is 3. The third kappa shape index (κ3) is 3.01. The van der Waals surface area contributed by atoms with Gasteiger partial charge in [-0.1, -0.05) is 11.6 Å². The normalized spacial score (nSPS) is 30.8. The molecule has 1 saturated heterocycles. The minimum absolute atomic E-state index is 0. The number of hydrogen-bond acceptors (Lipinski definition) is 5. The SMILES string of the molecule is O=[C-]c1ccc[n+](C2O[C@H](CO)[C@@H](O)[C@H]2O)c1.[Y]. The van der Waals surface area contributed by atoms with Crippen molar-refractivity contribution in [3.8, 4) is 0 Å². The molecule has 0 aliphatic carbocycles. The van der Waals surface area contributed by atoms with Gasteiger partial charge in [0.15, 0.2) is 6.10 Å². The van der Waals surface area contributed by atoms with Gasteiger partial charge in [0.25, 0.3) is 6.23 Å². The topological polar surface area (TPSA) is 90.9 Å². The van der Waals surface area contributed by atoms with Gasteiger partial charge in [0, 0.05) is 32.7 Å². The van der Waals surface area contributed by atoms with E-state index in [0.717, 1.165) is 0 Å². The second-order valence-corrected chi connectivity index (χ2v) is 3.87. The second kappa shape index (κ2) is 6.79. The van der Waals surface area contributed by atoms with Crippen LogP contribution in [0.4, 0.5) is 0 Å². The summed E-state index contributed by atoms with van der Waals surface area (Å²) in [4.78, 5) is 10.5. The summed E-state index contributed by atoms with van der Waals surface area (Å²) >= 11 is 0. The van der Waals surface area contributed by atoms with E-state index in [4.69, 9.17) is 9.84 Å². The average molecular weight is 328 g/mol. The van der Waals surface area contributed by atoms with Gasteiger partial charge in [0.2, 0.25) is 0 Å². The Balaban J connectivity index is 0.00000162. The number of carbonyl (C=O) groups excluding carboxylic acids is 1. The number of pyridine rings is 1. The molecule has 1 radical (unpaired) electrons. The summed E-state index contributed by atoms with van der Waals surface area (Å²) in [6.07, 6.45) is 0.816. The molecule has 1 fully saturated rings. The quantitative estimate of drug-likeness (QED) is 0.443. The van der Waals surface area contributed by atoms with Crippen LogP contribution in [0, 0.1) is 0 Å². The zero-order valence-corrected chi connectivity index (χ0v) is 12.3. The number of rotatable bonds is 3. The van der Waals surface area contributed by atoms with E-state index in [0.29, 0.717) is 5.56 Å². The molecule has 2 rings (SSSR count). The van der Waals surface area contributed by atoms with Crippen LogP contribution >= 0.6 is 0 Å². The molecule has 1 unspecified atom stereocenters. The van der Waals surface area contributed by atoms with Gasteiger partial charge < -0.3 is 24.9 Å². The largest absolute Gasteiger partial charge is 0.394 e. The summed E-state index contributed by atoms with van der Waals surface area (Å²) in [5, 5.41) is 28.3. The van der Waals surface area contributed by atoms with Crippen molar-refractivity contribution in [3.63, 3.8) is 0 Å². The van der Waals surface area contributed by atoms with Crippen LogP contribution in [0.5, 0.6) is 0 Å². The van der Waals surface area contributed by atoms with Gasteiger partial charge in [0.1, 0.15) is 18.4 Å². The Morgan fingerprint density at radius 1 is 1.39 bits per heavy atom. The first kappa shape index (κ1) is 15.8. The fraction of sp³-hybridized carbons (Fsp3) is 0.455. The zero-order valence-electron chi connectivity index (χ0n) is 9.51. The molecule has 0 amide bonds. The first-order chi connectivity index (χ1) is 8.17. The molecule has 4 atom stereocenters. The van der Waals surface area contributed by atoms with Crippen molar-refractivity contribution in [1.82, 2.24) is 0 Å². The fourth-order valence-electron chi connectivity index (χ4n) is 1.84. The van der Waals surface area contributed by atoms with Gasteiger partial charge >= 0.3 is 0 Å². The number of nitrogens with zero attached hydrogens (tertiary/aromatic N) is 1. The van der Waals surface area contributed by atoms with E-state index >= 15 is 0 Å². The molecule has 0 aromatic carbocycles. The van der Waals surface area contributed by atoms with Crippen LogP contribution in [0.25, 0.3) is 0 Å². The molecule has 0 spiro atoms. The van der Waals surface area contributed by atoms with Crippen LogP contribution in [0.3, 0.4) is 0 Å². The molecule has 0 saturated carbocycles. The number of aliphatic hydroxyl groups excluding tert-OH is 3. The molecule has 95 valence electrons. The molecule has 1 aliphatic heterocycles. The Bertz CT molecular complexity index is 416. The standard InChI is InChI=1S/C11H13NO5.Y/c13-5-7-2-1-3-12(4-7)11-10(16)9(15)8(6-14)17-11;/h1-4,8-11,14-16H,6H2;/t8-,9-,10-,11?;/m1./s1. The Labute approximate surface area is 129 Å². The molecule has 18 heavy (non-hydrogen) atoms. The van der Waals surface area contributed by atoms with E-state index in [-0.39, 0.29) is 39.3 Å². The predicted octanol–water partition coefficient (Wildman–Crippen LogP) is -1.96. The molecule has 2 heterocycles. The molecule has 3 N–H and O–H groups in total. The van der Waals surface area contributed by atoms with Crippen molar-refractivity contribution in [2.24, 2.45) is 0 Å². The summed E-state index contributed by atoms with van der Waals surface area (Å²) in [6, 6.07) is 3.17. The van der Waals surface area contributed by atoms with Crippen molar-refractivity contribution in [3.05, 3.63) is 30.1 Å². The van der Waals surface area contributed by atoms with Crippen LogP contribution in [0.1, 0.15) is 11.8 Å². The van der Waals surface area contributed by atoms with Gasteiger partial charge in [-0.3, -0.25) is 0 Å². The zero-order chi connectivity index (χ0) is 12.4. The fourth-order valence-corrected chi connectivity index (χ4v) is 1.84. The molecule has 1 aliphatic rings. The monoisotopic (exact) mass is 328 g/mol. The minimum atomic E-state index is -1.15. The molecule has 1 aromatic heterocycles. The Hall–Kier alpha value is -0.236. The molecule has 0 bridgehead atoms. The van der Waals surface area contributed by atoms with E-state index in [1.165, 1.54) is 10.8 Å². The van der Waals surface area contributed by atoms with Crippen LogP contribution in [-0.4, -0.2) is 46.5 Å². The molecular formula is C11H13NO5Y. The summed E-state index contributed by atoms with van der Waals surface area (Å²) in [5.41, 5.74) is 0.310. The van der Waals surface area contributed by atoms with Crippen LogP contribution in [0.15, 0.2) is 24.5 Å². The molecule has 6 nitrogen and oxygen atoms in total. The van der Waals surface area contributed by atoms with Crippen LogP contribution < -0.4 is 4.57 Å². The maximum atomic E-state index is 10.5. The molecule has 7 heteroatoms. The van der Waals surface area contributed by atoms with E-state index in [2.05, 4.69) is 0 Å². The van der Waals surface area contributed by atoms with Gasteiger partial charge in [-0.15, -0.1) is 6.07 Å². The van der Waals surface area contributed by atoms with E-state index < -0.39 is 24.5 Å². The van der Waals surface area contributed by atoms with Crippen LogP contribution in [0.2, 0.25) is 0 Å². The Kier molecular flexibility index (Phi) is 5.97. The minimum Gasteiger partial charge on any atom is -0.394 e. The maximum absolute atomic E-state index is 10.5. The number of hydrogen-bond donors (Lipinski definition) is 3. The van der Waals surface area contributed by atoms with E-state index in [9.17, 15) is 15.0 Å². The molecular weight excluding hydrogens is 315 g/mol. The number of ether oxygens (including phenoxy) is 1. The summed E-state index contributed by atoms with van der Waals surface area (Å²) < 4.78 is 6.77. The second-order valence-electron chi connectivity index (χ2n) is 3.87. The first-order valence-electron chi connectivity index (χ1n) is 5.19. The Morgan fingerprint density at radius 3 is 2.67 bits per heavy atom. The number of aromatic nitrogens is 1. The third-order valence-corrected chi connectivity index (χ3v) is 2.75. The summed E-state index contributed by atoms with van der Waals surface area (Å²) in [5.74, 6) is 0. The van der Waals surface area contributed by atoms with E-state index in [1.807, 2.05) is 0 Å². The van der Waals surface area contributed by atoms with Gasteiger partial charge in [0.05, 0.1) is 19.1 Å². The van der Waals surface area contributed by atoms with Gasteiger partial charge in [-0.25, -0.2) is 4.57 Å². The third-order valence-electron chi connectivity index (χ3n) is 2.75. The average Bonchev–Trinajstić information content (AvgIpc) is 2.66. The van der Waals surface area contributed by atoms with Gasteiger partial charge in [-0.05, 0) is 0 Å². The first-order valence-corrected chi connectivity index (χ1v) is 5.19. The van der Waals surface area contributed by atoms with Crippen LogP contribution in [-0.2, 0) is 42.2 Å². The maximum Gasteiger partial charge on any atom is 0.281 e. The van der Waals surface area contributed by atoms with Crippen molar-refractivity contribution < 1.29 is 62.1 Å². The van der Waals surface area contributed by atoms with Gasteiger partial charge in [-0.2, -0.15) is 0 Å². The molecule has 1 aromatic rings. The van der Waals surface area contributed by atoms with Crippen molar-refractivity contribution in [2.45, 2.75) is 24.5 Å². The van der Waals surface area contributed by atoms with Crippen molar-refractivity contribution in [1.29, 1.82) is 0 Å². The summed E-state index contributed by atoms with van der Waals surface area (Å²) in [6.45, 7) is -0.380. The Morgan fingerprint density at radius 2 is 2.11 bits per heavy atom. The smallest absolute Gasteiger partial charge is 0.281 e.